The normalized spacial score (nSPS) is 15.3. The van der Waals surface area contributed by atoms with Crippen LogP contribution in [0.5, 0.6) is 5.75 Å². The maximum atomic E-state index is 11.9. The second-order valence-corrected chi connectivity index (χ2v) is 7.76. The third kappa shape index (κ3) is 4.35. The van der Waals surface area contributed by atoms with Crippen molar-refractivity contribution in [3.63, 3.8) is 0 Å². The van der Waals surface area contributed by atoms with Crippen molar-refractivity contribution in [1.29, 1.82) is 0 Å². The second kappa shape index (κ2) is 6.66. The number of nitrogens with one attached hydrogen (secondary N) is 1. The minimum Gasteiger partial charge on any atom is -0.496 e. The van der Waals surface area contributed by atoms with Crippen LogP contribution in [0.4, 0.5) is 0 Å². The second-order valence-electron chi connectivity index (χ2n) is 5.19. The highest BCUT2D eigenvalue weighted by Gasteiger charge is 2.19. The molecule has 116 valence electrons. The Bertz CT molecular complexity index is 626. The van der Waals surface area contributed by atoms with Gasteiger partial charge in [-0.2, -0.15) is 0 Å². The Morgan fingerprint density at radius 2 is 2.14 bits per heavy atom. The maximum Gasteiger partial charge on any atom is 0.261 e. The highest BCUT2D eigenvalue weighted by molar-refractivity contribution is 8.13. The summed E-state index contributed by atoms with van der Waals surface area (Å²) in [6.07, 6.45) is 3.60. The molecule has 0 atom stereocenters. The largest absolute Gasteiger partial charge is 0.496 e. The molecule has 0 aliphatic heterocycles. The van der Waals surface area contributed by atoms with E-state index in [1.165, 1.54) is 31.7 Å². The molecular weight excluding hydrogens is 314 g/mol. The summed E-state index contributed by atoms with van der Waals surface area (Å²) in [6, 6.07) is 4.24. The molecule has 1 aromatic carbocycles. The van der Waals surface area contributed by atoms with Gasteiger partial charge in [0.05, 0.1) is 18.4 Å². The van der Waals surface area contributed by atoms with Crippen molar-refractivity contribution in [2.75, 3.05) is 13.7 Å². The van der Waals surface area contributed by atoms with Crippen LogP contribution in [-0.4, -0.2) is 28.0 Å². The highest BCUT2D eigenvalue weighted by atomic mass is 35.7. The molecule has 0 heterocycles. The van der Waals surface area contributed by atoms with Gasteiger partial charge in [-0.15, -0.1) is 0 Å². The molecule has 0 saturated heterocycles. The fraction of sp³-hybridized carbons (Fsp3) is 0.500. The minimum absolute atomic E-state index is 0.0354. The van der Waals surface area contributed by atoms with E-state index in [9.17, 15) is 13.2 Å². The van der Waals surface area contributed by atoms with Gasteiger partial charge in [-0.25, -0.2) is 8.42 Å². The van der Waals surface area contributed by atoms with Crippen molar-refractivity contribution in [1.82, 2.24) is 5.32 Å². The molecule has 1 amide bonds. The first-order valence-corrected chi connectivity index (χ1v) is 9.09. The topological polar surface area (TPSA) is 72.5 Å². The SMILES string of the molecule is COc1ccc(S(=O)(=O)Cl)cc1CC(=O)NCC1CCC1. The first-order valence-electron chi connectivity index (χ1n) is 6.78. The standard InChI is InChI=1S/C14H18ClNO4S/c1-20-13-6-5-12(21(15,18)19)7-11(13)8-14(17)16-9-10-3-2-4-10/h5-7,10H,2-4,8-9H2,1H3,(H,16,17). The van der Waals surface area contributed by atoms with Crippen LogP contribution in [0.1, 0.15) is 24.8 Å². The highest BCUT2D eigenvalue weighted by Crippen LogP contribution is 2.26. The molecule has 0 bridgehead atoms. The van der Waals surface area contributed by atoms with Crippen LogP contribution in [0.25, 0.3) is 0 Å². The third-order valence-electron chi connectivity index (χ3n) is 3.70. The molecule has 1 aliphatic rings. The number of amides is 1. The van der Waals surface area contributed by atoms with Crippen LogP contribution in [0.15, 0.2) is 23.1 Å². The number of halogens is 1. The van der Waals surface area contributed by atoms with Gasteiger partial charge in [-0.05, 0) is 37.0 Å². The van der Waals surface area contributed by atoms with Gasteiger partial charge in [0.25, 0.3) is 9.05 Å². The molecule has 1 N–H and O–H groups in total. The molecule has 1 saturated carbocycles. The summed E-state index contributed by atoms with van der Waals surface area (Å²) < 4.78 is 27.9. The van der Waals surface area contributed by atoms with Gasteiger partial charge >= 0.3 is 0 Å². The van der Waals surface area contributed by atoms with Gasteiger partial charge in [0.1, 0.15) is 5.75 Å². The van der Waals surface area contributed by atoms with Crippen molar-refractivity contribution in [2.24, 2.45) is 5.92 Å². The summed E-state index contributed by atoms with van der Waals surface area (Å²) in [7, 11) is 2.97. The quantitative estimate of drug-likeness (QED) is 0.810. The number of hydrogen-bond donors (Lipinski definition) is 1. The zero-order valence-corrected chi connectivity index (χ0v) is 13.3. The number of carbonyl (C=O) groups excluding carboxylic acids is 1. The predicted molar refractivity (Wildman–Crippen MR) is 80.1 cm³/mol. The lowest BCUT2D eigenvalue weighted by atomic mass is 9.85. The average Bonchev–Trinajstić information content (AvgIpc) is 2.35. The summed E-state index contributed by atoms with van der Waals surface area (Å²) >= 11 is 0. The Labute approximate surface area is 129 Å². The first kappa shape index (κ1) is 16.1. The van der Waals surface area contributed by atoms with Crippen molar-refractivity contribution in [3.8, 4) is 5.75 Å². The summed E-state index contributed by atoms with van der Waals surface area (Å²) in [4.78, 5) is 11.9. The molecule has 2 rings (SSSR count). The van der Waals surface area contributed by atoms with Gasteiger partial charge in [-0.3, -0.25) is 4.79 Å². The van der Waals surface area contributed by atoms with Crippen molar-refractivity contribution in [2.45, 2.75) is 30.6 Å². The van der Waals surface area contributed by atoms with Gasteiger partial charge in [-0.1, -0.05) is 6.42 Å². The monoisotopic (exact) mass is 331 g/mol. The molecule has 0 unspecified atom stereocenters. The van der Waals surface area contributed by atoms with Crippen molar-refractivity contribution in [3.05, 3.63) is 23.8 Å². The number of carbonyl (C=O) groups is 1. The van der Waals surface area contributed by atoms with E-state index >= 15 is 0 Å². The molecule has 0 aromatic heterocycles. The number of hydrogen-bond acceptors (Lipinski definition) is 4. The van der Waals surface area contributed by atoms with Crippen LogP contribution in [-0.2, 0) is 20.3 Å². The lowest BCUT2D eigenvalue weighted by Crippen LogP contribution is -2.33. The summed E-state index contributed by atoms with van der Waals surface area (Å²) in [5, 5.41) is 2.87. The van der Waals surface area contributed by atoms with E-state index in [0.29, 0.717) is 23.8 Å². The Morgan fingerprint density at radius 3 is 2.67 bits per heavy atom. The van der Waals surface area contributed by atoms with Crippen LogP contribution >= 0.6 is 10.7 Å². The lowest BCUT2D eigenvalue weighted by Gasteiger charge is -2.25. The van der Waals surface area contributed by atoms with Crippen molar-refractivity contribution < 1.29 is 17.9 Å². The van der Waals surface area contributed by atoms with Gasteiger partial charge in [0.15, 0.2) is 0 Å². The van der Waals surface area contributed by atoms with E-state index in [-0.39, 0.29) is 17.2 Å². The van der Waals surface area contributed by atoms with Crippen LogP contribution in [0, 0.1) is 5.92 Å². The molecule has 21 heavy (non-hydrogen) atoms. The smallest absolute Gasteiger partial charge is 0.261 e. The predicted octanol–water partition coefficient (Wildman–Crippen LogP) is 2.08. The fourth-order valence-electron chi connectivity index (χ4n) is 2.24. The number of ether oxygens (including phenoxy) is 1. The van der Waals surface area contributed by atoms with Gasteiger partial charge in [0.2, 0.25) is 5.91 Å². The van der Waals surface area contributed by atoms with Gasteiger partial charge in [0, 0.05) is 22.8 Å². The van der Waals surface area contributed by atoms with E-state index in [1.54, 1.807) is 0 Å². The Morgan fingerprint density at radius 1 is 1.43 bits per heavy atom. The molecule has 0 radical (unpaired) electrons. The van der Waals surface area contributed by atoms with Crippen LogP contribution in [0.3, 0.4) is 0 Å². The van der Waals surface area contributed by atoms with E-state index in [4.69, 9.17) is 15.4 Å². The van der Waals surface area contributed by atoms with E-state index in [1.807, 2.05) is 0 Å². The molecular formula is C14H18ClNO4S. The average molecular weight is 332 g/mol. The molecule has 5 nitrogen and oxygen atoms in total. The summed E-state index contributed by atoms with van der Waals surface area (Å²) in [5.41, 5.74) is 0.505. The zero-order chi connectivity index (χ0) is 15.5. The molecule has 1 aliphatic carbocycles. The van der Waals surface area contributed by atoms with Crippen LogP contribution in [0.2, 0.25) is 0 Å². The fourth-order valence-corrected chi connectivity index (χ4v) is 3.04. The molecule has 1 aromatic rings. The Kier molecular flexibility index (Phi) is 5.11. The maximum absolute atomic E-state index is 11.9. The minimum atomic E-state index is -3.82. The molecule has 7 heteroatoms. The summed E-state index contributed by atoms with van der Waals surface area (Å²) in [5.74, 6) is 0.896. The molecule has 1 fully saturated rings. The Hall–Kier alpha value is -1.27. The van der Waals surface area contributed by atoms with Crippen molar-refractivity contribution >= 4 is 25.6 Å². The Balaban J connectivity index is 2.07. The number of methoxy groups -OCH3 is 1. The summed E-state index contributed by atoms with van der Waals surface area (Å²) in [6.45, 7) is 0.675. The third-order valence-corrected chi connectivity index (χ3v) is 5.05. The van der Waals surface area contributed by atoms with Gasteiger partial charge < -0.3 is 10.1 Å². The van der Waals surface area contributed by atoms with Crippen LogP contribution < -0.4 is 10.1 Å². The number of benzene rings is 1. The van der Waals surface area contributed by atoms with E-state index in [0.717, 1.165) is 12.8 Å². The lowest BCUT2D eigenvalue weighted by molar-refractivity contribution is -0.120. The molecule has 0 spiro atoms. The zero-order valence-electron chi connectivity index (χ0n) is 11.8. The van der Waals surface area contributed by atoms with E-state index in [2.05, 4.69) is 5.32 Å². The first-order chi connectivity index (χ1) is 9.90. The van der Waals surface area contributed by atoms with E-state index < -0.39 is 9.05 Å². The number of rotatable bonds is 6.